The third-order valence-corrected chi connectivity index (χ3v) is 5.21. The molecule has 0 aliphatic carbocycles. The highest BCUT2D eigenvalue weighted by Gasteiger charge is 2.18. The summed E-state index contributed by atoms with van der Waals surface area (Å²) >= 11 is 1.64. The zero-order chi connectivity index (χ0) is 21.0. The highest BCUT2D eigenvalue weighted by atomic mass is 32.1. The largest absolute Gasteiger partial charge is 0.444 e. The van der Waals surface area contributed by atoms with Crippen LogP contribution in [0.4, 0.5) is 10.6 Å². The minimum absolute atomic E-state index is 0.387. The first-order valence-electron chi connectivity index (χ1n) is 9.86. The summed E-state index contributed by atoms with van der Waals surface area (Å²) in [7, 11) is 0. The number of carbonyl (C=O) groups is 1. The molecule has 8 nitrogen and oxygen atoms in total. The van der Waals surface area contributed by atoms with Crippen LogP contribution in [-0.4, -0.2) is 39.4 Å². The van der Waals surface area contributed by atoms with Gasteiger partial charge in [0.2, 0.25) is 0 Å². The fraction of sp³-hybridized carbons (Fsp3) is 0.550. The molecule has 3 N–H and O–H groups in total. The van der Waals surface area contributed by atoms with E-state index in [-0.39, 0.29) is 6.09 Å². The van der Waals surface area contributed by atoms with Crippen molar-refractivity contribution in [3.05, 3.63) is 17.3 Å². The Morgan fingerprint density at radius 3 is 2.83 bits per heavy atom. The van der Waals surface area contributed by atoms with Gasteiger partial charge in [-0.3, -0.25) is 0 Å². The Balaban J connectivity index is 1.73. The second kappa shape index (κ2) is 8.96. The van der Waals surface area contributed by atoms with Gasteiger partial charge >= 0.3 is 6.09 Å². The zero-order valence-corrected chi connectivity index (χ0v) is 18.3. The van der Waals surface area contributed by atoms with E-state index in [0.717, 1.165) is 46.5 Å². The summed E-state index contributed by atoms with van der Waals surface area (Å²) in [5, 5.41) is 4.82. The van der Waals surface area contributed by atoms with E-state index in [0.29, 0.717) is 25.6 Å². The van der Waals surface area contributed by atoms with Crippen molar-refractivity contribution in [1.29, 1.82) is 0 Å². The van der Waals surface area contributed by atoms with Gasteiger partial charge in [-0.2, -0.15) is 0 Å². The lowest BCUT2D eigenvalue weighted by Crippen LogP contribution is -2.33. The number of pyridine rings is 1. The SMILES string of the molecule is CCOCc1nc2c(N)nc3ccsc3c2n1CCCCNC(=O)OC(C)(C)C. The maximum absolute atomic E-state index is 11.8. The van der Waals surface area contributed by atoms with E-state index in [4.69, 9.17) is 20.2 Å². The summed E-state index contributed by atoms with van der Waals surface area (Å²) in [6, 6.07) is 1.97. The zero-order valence-electron chi connectivity index (χ0n) is 17.4. The standard InChI is InChI=1S/C20H29N5O3S/c1-5-27-12-14-24-15-16(17-13(8-11-29-17)23-18(15)21)25(14)10-7-6-9-22-19(26)28-20(2,3)4/h8,11H,5-7,9-10,12H2,1-4H3,(H2,21,23)(H,22,26). The Kier molecular flexibility index (Phi) is 6.59. The van der Waals surface area contributed by atoms with Crippen LogP contribution in [0.15, 0.2) is 11.4 Å². The fourth-order valence-electron chi connectivity index (χ4n) is 3.10. The molecule has 9 heteroatoms. The summed E-state index contributed by atoms with van der Waals surface area (Å²) in [4.78, 5) is 20.9. The van der Waals surface area contributed by atoms with Crippen LogP contribution in [0.3, 0.4) is 0 Å². The molecule has 3 rings (SSSR count). The number of alkyl carbamates (subject to hydrolysis) is 1. The number of thiophene rings is 1. The first kappa shape index (κ1) is 21.3. The van der Waals surface area contributed by atoms with E-state index in [1.165, 1.54) is 0 Å². The molecular weight excluding hydrogens is 390 g/mol. The predicted octanol–water partition coefficient (Wildman–Crippen LogP) is 4.07. The number of unbranched alkanes of at least 4 members (excludes halogenated alkanes) is 1. The van der Waals surface area contributed by atoms with Crippen LogP contribution in [0.1, 0.15) is 46.4 Å². The lowest BCUT2D eigenvalue weighted by molar-refractivity contribution is 0.0527. The number of hydrogen-bond donors (Lipinski definition) is 2. The molecule has 3 aromatic rings. The smallest absolute Gasteiger partial charge is 0.407 e. The van der Waals surface area contributed by atoms with Crippen LogP contribution in [0.2, 0.25) is 0 Å². The molecule has 1 amide bonds. The van der Waals surface area contributed by atoms with E-state index in [1.54, 1.807) is 11.3 Å². The molecule has 0 aromatic carbocycles. The summed E-state index contributed by atoms with van der Waals surface area (Å²) < 4.78 is 14.1. The first-order valence-corrected chi connectivity index (χ1v) is 10.7. The van der Waals surface area contributed by atoms with Gasteiger partial charge < -0.3 is 25.1 Å². The Morgan fingerprint density at radius 2 is 2.10 bits per heavy atom. The number of ether oxygens (including phenoxy) is 2. The molecule has 0 aliphatic rings. The number of nitrogens with one attached hydrogen (secondary N) is 1. The molecule has 0 atom stereocenters. The molecule has 0 fully saturated rings. The van der Waals surface area contributed by atoms with Crippen molar-refractivity contribution < 1.29 is 14.3 Å². The van der Waals surface area contributed by atoms with Crippen LogP contribution < -0.4 is 11.1 Å². The number of rotatable bonds is 8. The average molecular weight is 420 g/mol. The van der Waals surface area contributed by atoms with Crippen molar-refractivity contribution in [2.24, 2.45) is 0 Å². The molecule has 0 aliphatic heterocycles. The third-order valence-electron chi connectivity index (χ3n) is 4.30. The maximum atomic E-state index is 11.8. The quantitative estimate of drug-likeness (QED) is 0.533. The van der Waals surface area contributed by atoms with Crippen molar-refractivity contribution in [2.45, 2.75) is 59.3 Å². The van der Waals surface area contributed by atoms with Gasteiger partial charge in [-0.25, -0.2) is 14.8 Å². The highest BCUT2D eigenvalue weighted by molar-refractivity contribution is 7.18. The van der Waals surface area contributed by atoms with E-state index in [1.807, 2.05) is 39.1 Å². The molecule has 0 saturated heterocycles. The van der Waals surface area contributed by atoms with E-state index in [2.05, 4.69) is 14.9 Å². The van der Waals surface area contributed by atoms with Crippen molar-refractivity contribution >= 4 is 44.5 Å². The molecular formula is C20H29N5O3S. The van der Waals surface area contributed by atoms with Gasteiger partial charge in [-0.1, -0.05) is 0 Å². The number of nitrogen functional groups attached to an aromatic ring is 1. The molecule has 3 heterocycles. The number of amides is 1. The number of anilines is 1. The van der Waals surface area contributed by atoms with Gasteiger partial charge in [-0.15, -0.1) is 11.3 Å². The van der Waals surface area contributed by atoms with Crippen molar-refractivity contribution in [1.82, 2.24) is 19.9 Å². The Morgan fingerprint density at radius 1 is 1.31 bits per heavy atom. The van der Waals surface area contributed by atoms with Gasteiger partial charge in [0, 0.05) is 19.7 Å². The Bertz CT molecular complexity index is 989. The van der Waals surface area contributed by atoms with Gasteiger partial charge in [-0.05, 0) is 52.0 Å². The van der Waals surface area contributed by atoms with E-state index in [9.17, 15) is 4.79 Å². The van der Waals surface area contributed by atoms with Crippen LogP contribution >= 0.6 is 11.3 Å². The summed E-state index contributed by atoms with van der Waals surface area (Å²) in [6.07, 6.45) is 1.30. The lowest BCUT2D eigenvalue weighted by Gasteiger charge is -2.19. The topological polar surface area (TPSA) is 104 Å². The normalized spacial score (nSPS) is 12.0. The fourth-order valence-corrected chi connectivity index (χ4v) is 3.99. The number of nitrogens with zero attached hydrogens (tertiary/aromatic N) is 3. The van der Waals surface area contributed by atoms with Crippen molar-refractivity contribution in [2.75, 3.05) is 18.9 Å². The van der Waals surface area contributed by atoms with Gasteiger partial charge in [0.25, 0.3) is 0 Å². The highest BCUT2D eigenvalue weighted by Crippen LogP contribution is 2.32. The molecule has 3 aromatic heterocycles. The van der Waals surface area contributed by atoms with Crippen molar-refractivity contribution in [3.8, 4) is 0 Å². The van der Waals surface area contributed by atoms with E-state index >= 15 is 0 Å². The van der Waals surface area contributed by atoms with Crippen LogP contribution in [0.25, 0.3) is 21.3 Å². The van der Waals surface area contributed by atoms with E-state index < -0.39 is 5.60 Å². The van der Waals surface area contributed by atoms with Crippen LogP contribution in [-0.2, 0) is 22.6 Å². The average Bonchev–Trinajstić information content (AvgIpc) is 3.22. The molecule has 0 saturated carbocycles. The van der Waals surface area contributed by atoms with Crippen LogP contribution in [0.5, 0.6) is 0 Å². The predicted molar refractivity (Wildman–Crippen MR) is 116 cm³/mol. The Hall–Kier alpha value is -2.39. The Labute approximate surface area is 174 Å². The molecule has 0 radical (unpaired) electrons. The number of nitrogens with two attached hydrogens (primary N) is 1. The molecule has 0 bridgehead atoms. The van der Waals surface area contributed by atoms with Gasteiger partial charge in [0.05, 0.1) is 15.7 Å². The monoisotopic (exact) mass is 419 g/mol. The van der Waals surface area contributed by atoms with Crippen LogP contribution in [0, 0.1) is 0 Å². The molecule has 29 heavy (non-hydrogen) atoms. The van der Waals surface area contributed by atoms with Gasteiger partial charge in [0.15, 0.2) is 5.82 Å². The number of fused-ring (bicyclic) bond motifs is 3. The number of imidazole rings is 1. The minimum atomic E-state index is -0.492. The molecule has 0 spiro atoms. The first-order chi connectivity index (χ1) is 13.8. The minimum Gasteiger partial charge on any atom is -0.444 e. The number of aryl methyl sites for hydroxylation is 1. The second-order valence-electron chi connectivity index (χ2n) is 7.78. The maximum Gasteiger partial charge on any atom is 0.407 e. The second-order valence-corrected chi connectivity index (χ2v) is 8.70. The number of aromatic nitrogens is 3. The molecule has 158 valence electrons. The summed E-state index contributed by atoms with van der Waals surface area (Å²) in [5.41, 5.74) is 8.30. The number of carbonyl (C=O) groups excluding carboxylic acids is 1. The third kappa shape index (κ3) is 5.16. The lowest BCUT2D eigenvalue weighted by atomic mass is 10.2. The number of hydrogen-bond acceptors (Lipinski definition) is 7. The summed E-state index contributed by atoms with van der Waals surface area (Å²) in [6.45, 7) is 9.86. The van der Waals surface area contributed by atoms with Gasteiger partial charge in [0.1, 0.15) is 23.5 Å². The summed E-state index contributed by atoms with van der Waals surface area (Å²) in [5.74, 6) is 1.28. The van der Waals surface area contributed by atoms with Crippen molar-refractivity contribution in [3.63, 3.8) is 0 Å². The molecule has 0 unspecified atom stereocenters.